The van der Waals surface area contributed by atoms with E-state index in [0.29, 0.717) is 52.7 Å². The summed E-state index contributed by atoms with van der Waals surface area (Å²) >= 11 is 6.38. The number of fused-ring (bicyclic) bond motifs is 1. The Morgan fingerprint density at radius 2 is 1.74 bits per heavy atom. The van der Waals surface area contributed by atoms with Crippen LogP contribution in [0.5, 0.6) is 17.2 Å². The highest BCUT2D eigenvalue weighted by atomic mass is 35.5. The lowest BCUT2D eigenvalue weighted by molar-refractivity contribution is 0.0764. The lowest BCUT2D eigenvalue weighted by atomic mass is 9.99. The average Bonchev–Trinajstić information content (AvgIpc) is 3.24. The van der Waals surface area contributed by atoms with Crippen molar-refractivity contribution in [3.05, 3.63) is 99.7 Å². The maximum atomic E-state index is 14.9. The molecule has 0 saturated carbocycles. The molecule has 3 heterocycles. The standard InChI is InChI=1S/C29H25ClFN3O4/c1-36-20-9-7-17(26(13-20)38-3)15-34-16-25-27(29(34)35)18(11-19-8-10-21(37-2)14-32-19)12-24(33-25)28-22(30)5-4-6-23(28)31/h4-10,12-14H,11,15-16H2,1-3H3. The number of methoxy groups -OCH3 is 3. The number of nitrogens with zero attached hydrogens (tertiary/aromatic N) is 3. The second kappa shape index (κ2) is 10.7. The van der Waals surface area contributed by atoms with Gasteiger partial charge in [0.1, 0.15) is 23.1 Å². The first-order chi connectivity index (χ1) is 18.4. The van der Waals surface area contributed by atoms with Crippen LogP contribution in [0.2, 0.25) is 5.02 Å². The Labute approximate surface area is 224 Å². The van der Waals surface area contributed by atoms with Gasteiger partial charge in [-0.05, 0) is 48.0 Å². The average molecular weight is 534 g/mol. The zero-order valence-corrected chi connectivity index (χ0v) is 21.9. The summed E-state index contributed by atoms with van der Waals surface area (Å²) in [7, 11) is 4.73. The van der Waals surface area contributed by atoms with Crippen LogP contribution in [0.4, 0.5) is 4.39 Å². The normalized spacial score (nSPS) is 12.4. The van der Waals surface area contributed by atoms with Gasteiger partial charge in [-0.15, -0.1) is 0 Å². The minimum absolute atomic E-state index is 0.167. The van der Waals surface area contributed by atoms with Gasteiger partial charge in [-0.2, -0.15) is 0 Å². The Hall–Kier alpha value is -4.17. The Morgan fingerprint density at radius 3 is 2.42 bits per heavy atom. The zero-order chi connectivity index (χ0) is 26.8. The van der Waals surface area contributed by atoms with Gasteiger partial charge in [0.05, 0.1) is 68.2 Å². The Kier molecular flexibility index (Phi) is 7.15. The summed E-state index contributed by atoms with van der Waals surface area (Å²) in [5.41, 5.74) is 3.86. The fourth-order valence-electron chi connectivity index (χ4n) is 4.60. The molecule has 0 unspecified atom stereocenters. The summed E-state index contributed by atoms with van der Waals surface area (Å²) in [5, 5.41) is 0.245. The van der Waals surface area contributed by atoms with Crippen molar-refractivity contribution in [2.75, 3.05) is 21.3 Å². The molecule has 0 aliphatic carbocycles. The summed E-state index contributed by atoms with van der Waals surface area (Å²) in [6, 6.07) is 15.3. The van der Waals surface area contributed by atoms with Gasteiger partial charge in [0.2, 0.25) is 0 Å². The predicted molar refractivity (Wildman–Crippen MR) is 141 cm³/mol. The number of benzene rings is 2. The molecular weight excluding hydrogens is 509 g/mol. The van der Waals surface area contributed by atoms with Gasteiger partial charge in [-0.25, -0.2) is 9.37 Å². The first kappa shape index (κ1) is 25.5. The van der Waals surface area contributed by atoms with Gasteiger partial charge in [0, 0.05) is 23.7 Å². The van der Waals surface area contributed by atoms with Gasteiger partial charge in [0.15, 0.2) is 0 Å². The van der Waals surface area contributed by atoms with E-state index in [-0.39, 0.29) is 23.0 Å². The molecule has 1 amide bonds. The lowest BCUT2D eigenvalue weighted by Gasteiger charge is -2.18. The minimum Gasteiger partial charge on any atom is -0.497 e. The Balaban J connectivity index is 1.56. The number of rotatable bonds is 8. The lowest BCUT2D eigenvalue weighted by Crippen LogP contribution is -2.24. The summed E-state index contributed by atoms with van der Waals surface area (Å²) < 4.78 is 30.9. The number of carbonyl (C=O) groups excluding carboxylic acids is 1. The number of pyridine rings is 2. The molecule has 194 valence electrons. The van der Waals surface area contributed by atoms with E-state index in [9.17, 15) is 9.18 Å². The monoisotopic (exact) mass is 533 g/mol. The van der Waals surface area contributed by atoms with Crippen LogP contribution in [0.3, 0.4) is 0 Å². The van der Waals surface area contributed by atoms with E-state index >= 15 is 0 Å². The van der Waals surface area contributed by atoms with Crippen LogP contribution in [-0.4, -0.2) is 42.1 Å². The van der Waals surface area contributed by atoms with Crippen LogP contribution in [-0.2, 0) is 19.5 Å². The number of amides is 1. The van der Waals surface area contributed by atoms with Crippen molar-refractivity contribution in [1.82, 2.24) is 14.9 Å². The SMILES string of the molecule is COc1ccc(Cc2cc(-c3c(F)cccc3Cl)nc3c2C(=O)N(Cc2ccc(OC)cc2OC)C3)nc1. The van der Waals surface area contributed by atoms with Crippen LogP contribution in [0.15, 0.2) is 60.8 Å². The van der Waals surface area contributed by atoms with Crippen molar-refractivity contribution in [3.8, 4) is 28.5 Å². The van der Waals surface area contributed by atoms with Gasteiger partial charge in [-0.3, -0.25) is 9.78 Å². The van der Waals surface area contributed by atoms with Crippen LogP contribution in [0.1, 0.15) is 32.9 Å². The van der Waals surface area contributed by atoms with Gasteiger partial charge in [-0.1, -0.05) is 17.7 Å². The number of ether oxygens (including phenoxy) is 3. The molecule has 0 N–H and O–H groups in total. The fourth-order valence-corrected chi connectivity index (χ4v) is 4.86. The molecule has 0 spiro atoms. The summed E-state index contributed by atoms with van der Waals surface area (Å²) in [6.07, 6.45) is 1.97. The van der Waals surface area contributed by atoms with Crippen LogP contribution in [0.25, 0.3) is 11.3 Å². The van der Waals surface area contributed by atoms with Crippen molar-refractivity contribution in [2.24, 2.45) is 0 Å². The molecule has 0 radical (unpaired) electrons. The second-order valence-corrected chi connectivity index (χ2v) is 9.20. The van der Waals surface area contributed by atoms with E-state index in [0.717, 1.165) is 11.3 Å². The molecule has 2 aromatic carbocycles. The quantitative estimate of drug-likeness (QED) is 0.289. The van der Waals surface area contributed by atoms with Gasteiger partial charge in [0.25, 0.3) is 5.91 Å². The highest BCUT2D eigenvalue weighted by Gasteiger charge is 2.33. The minimum atomic E-state index is -0.484. The first-order valence-corrected chi connectivity index (χ1v) is 12.3. The third-order valence-electron chi connectivity index (χ3n) is 6.50. The van der Waals surface area contributed by atoms with E-state index in [4.69, 9.17) is 30.8 Å². The summed E-state index contributed by atoms with van der Waals surface area (Å²) in [5.74, 6) is 1.25. The van der Waals surface area contributed by atoms with E-state index in [2.05, 4.69) is 4.98 Å². The molecule has 0 fully saturated rings. The van der Waals surface area contributed by atoms with Crippen molar-refractivity contribution in [2.45, 2.75) is 19.5 Å². The fraction of sp³-hybridized carbons (Fsp3) is 0.207. The number of hydrogen-bond donors (Lipinski definition) is 0. The van der Waals surface area contributed by atoms with Crippen molar-refractivity contribution >= 4 is 17.5 Å². The van der Waals surface area contributed by atoms with Crippen LogP contribution in [0, 0.1) is 5.82 Å². The molecule has 9 heteroatoms. The van der Waals surface area contributed by atoms with Crippen molar-refractivity contribution < 1.29 is 23.4 Å². The molecule has 4 aromatic rings. The number of hydrogen-bond acceptors (Lipinski definition) is 6. The predicted octanol–water partition coefficient (Wildman–Crippen LogP) is 5.71. The van der Waals surface area contributed by atoms with E-state index in [1.807, 2.05) is 24.3 Å². The highest BCUT2D eigenvalue weighted by Crippen LogP contribution is 2.36. The van der Waals surface area contributed by atoms with E-state index < -0.39 is 5.82 Å². The Bertz CT molecular complexity index is 1490. The molecule has 5 rings (SSSR count). The third kappa shape index (κ3) is 4.87. The van der Waals surface area contributed by atoms with Crippen molar-refractivity contribution in [1.29, 1.82) is 0 Å². The molecule has 1 aliphatic rings. The zero-order valence-electron chi connectivity index (χ0n) is 21.1. The number of aromatic nitrogens is 2. The van der Waals surface area contributed by atoms with E-state index in [1.54, 1.807) is 56.7 Å². The van der Waals surface area contributed by atoms with Crippen molar-refractivity contribution in [3.63, 3.8) is 0 Å². The largest absolute Gasteiger partial charge is 0.497 e. The maximum Gasteiger partial charge on any atom is 0.256 e. The molecule has 0 saturated heterocycles. The maximum absolute atomic E-state index is 14.9. The van der Waals surface area contributed by atoms with Gasteiger partial charge >= 0.3 is 0 Å². The summed E-state index contributed by atoms with van der Waals surface area (Å²) in [6.45, 7) is 0.560. The van der Waals surface area contributed by atoms with E-state index in [1.165, 1.54) is 6.07 Å². The highest BCUT2D eigenvalue weighted by molar-refractivity contribution is 6.33. The summed E-state index contributed by atoms with van der Waals surface area (Å²) in [4.78, 5) is 24.6. The number of carbonyl (C=O) groups is 1. The first-order valence-electron chi connectivity index (χ1n) is 11.9. The molecule has 0 atom stereocenters. The second-order valence-electron chi connectivity index (χ2n) is 8.79. The van der Waals surface area contributed by atoms with Gasteiger partial charge < -0.3 is 19.1 Å². The Morgan fingerprint density at radius 1 is 0.947 bits per heavy atom. The molecule has 1 aliphatic heterocycles. The van der Waals surface area contributed by atoms with Crippen LogP contribution >= 0.6 is 11.6 Å². The molecule has 7 nitrogen and oxygen atoms in total. The molecule has 38 heavy (non-hydrogen) atoms. The molecule has 2 aromatic heterocycles. The number of halogens is 2. The molecule has 0 bridgehead atoms. The third-order valence-corrected chi connectivity index (χ3v) is 6.81. The van der Waals surface area contributed by atoms with Crippen LogP contribution < -0.4 is 14.2 Å². The topological polar surface area (TPSA) is 73.8 Å². The molecular formula is C29H25ClFN3O4. The smallest absolute Gasteiger partial charge is 0.256 e.